The van der Waals surface area contributed by atoms with E-state index in [2.05, 4.69) is 16.9 Å². The van der Waals surface area contributed by atoms with E-state index in [0.717, 1.165) is 25.3 Å². The molecule has 1 aliphatic heterocycles. The Morgan fingerprint density at radius 3 is 3.07 bits per heavy atom. The molecule has 2 rings (SSSR count). The van der Waals surface area contributed by atoms with Crippen LogP contribution in [-0.2, 0) is 13.2 Å². The zero-order valence-electron chi connectivity index (χ0n) is 8.94. The first-order valence-electron chi connectivity index (χ1n) is 5.27. The van der Waals surface area contributed by atoms with Crippen molar-refractivity contribution in [1.82, 2.24) is 14.5 Å². The van der Waals surface area contributed by atoms with Gasteiger partial charge < -0.3 is 19.6 Å². The third kappa shape index (κ3) is 2.30. The first kappa shape index (κ1) is 10.9. The Balaban J connectivity index is 2.10. The summed E-state index contributed by atoms with van der Waals surface area (Å²) in [5.74, 6) is 0.655. The average Bonchev–Trinajstić information content (AvgIpc) is 2.76. The van der Waals surface area contributed by atoms with Gasteiger partial charge in [0.2, 0.25) is 0 Å². The van der Waals surface area contributed by atoms with E-state index in [9.17, 15) is 0 Å². The lowest BCUT2D eigenvalue weighted by Gasteiger charge is -2.13. The van der Waals surface area contributed by atoms with Crippen LogP contribution in [0, 0.1) is 10.7 Å². The second-order valence-corrected chi connectivity index (χ2v) is 4.66. The van der Waals surface area contributed by atoms with Crippen LogP contribution in [0.15, 0.2) is 6.20 Å². The number of rotatable bonds is 3. The molecule has 84 valence electrons. The number of aliphatic hydroxyl groups excluding tert-OH is 1. The number of aromatic amines is 1. The second-order valence-electron chi connectivity index (χ2n) is 4.27. The van der Waals surface area contributed by atoms with E-state index in [0.29, 0.717) is 10.7 Å². The van der Waals surface area contributed by atoms with Crippen LogP contribution in [0.25, 0.3) is 0 Å². The number of hydrogen-bond donors (Lipinski definition) is 2. The number of imidazole rings is 1. The van der Waals surface area contributed by atoms with Crippen LogP contribution >= 0.6 is 12.2 Å². The zero-order chi connectivity index (χ0) is 10.8. The van der Waals surface area contributed by atoms with Gasteiger partial charge in [-0.25, -0.2) is 0 Å². The molecule has 15 heavy (non-hydrogen) atoms. The minimum Gasteiger partial charge on any atom is -0.390 e. The van der Waals surface area contributed by atoms with Crippen molar-refractivity contribution < 1.29 is 5.11 Å². The number of aromatic nitrogens is 2. The summed E-state index contributed by atoms with van der Waals surface area (Å²) in [7, 11) is 2.14. The van der Waals surface area contributed by atoms with Crippen molar-refractivity contribution in [2.75, 3.05) is 20.1 Å². The molecule has 4 nitrogen and oxygen atoms in total. The lowest BCUT2D eigenvalue weighted by atomic mass is 10.1. The molecule has 0 radical (unpaired) electrons. The molecule has 2 N–H and O–H groups in total. The topological polar surface area (TPSA) is 44.2 Å². The van der Waals surface area contributed by atoms with E-state index in [4.69, 9.17) is 17.3 Å². The largest absolute Gasteiger partial charge is 0.390 e. The molecule has 0 aromatic carbocycles. The minimum absolute atomic E-state index is 0.0513. The molecule has 0 spiro atoms. The molecule has 0 saturated carbocycles. The van der Waals surface area contributed by atoms with Crippen LogP contribution in [0.3, 0.4) is 0 Å². The summed E-state index contributed by atoms with van der Waals surface area (Å²) in [4.78, 5) is 5.31. The Hall–Kier alpha value is -0.650. The Labute approximate surface area is 94.5 Å². The van der Waals surface area contributed by atoms with Crippen LogP contribution in [0.2, 0.25) is 0 Å². The summed E-state index contributed by atoms with van der Waals surface area (Å²) in [6, 6.07) is 0. The molecule has 1 aliphatic rings. The van der Waals surface area contributed by atoms with Crippen LogP contribution in [-0.4, -0.2) is 39.7 Å². The average molecular weight is 227 g/mol. The van der Waals surface area contributed by atoms with Crippen molar-refractivity contribution in [3.63, 3.8) is 0 Å². The van der Waals surface area contributed by atoms with Gasteiger partial charge in [-0.1, -0.05) is 0 Å². The summed E-state index contributed by atoms with van der Waals surface area (Å²) in [6.45, 7) is 3.26. The molecule has 1 atom stereocenters. The monoisotopic (exact) mass is 227 g/mol. The highest BCUT2D eigenvalue weighted by molar-refractivity contribution is 7.71. The van der Waals surface area contributed by atoms with Crippen molar-refractivity contribution in [1.29, 1.82) is 0 Å². The van der Waals surface area contributed by atoms with Crippen LogP contribution in [0.1, 0.15) is 12.1 Å². The predicted molar refractivity (Wildman–Crippen MR) is 61.1 cm³/mol. The Kier molecular flexibility index (Phi) is 3.23. The Morgan fingerprint density at radius 2 is 2.47 bits per heavy atom. The van der Waals surface area contributed by atoms with Crippen molar-refractivity contribution in [3.8, 4) is 0 Å². The van der Waals surface area contributed by atoms with Crippen molar-refractivity contribution in [3.05, 3.63) is 16.7 Å². The molecular formula is C10H17N3OS. The molecule has 0 amide bonds. The van der Waals surface area contributed by atoms with E-state index in [1.807, 2.05) is 4.57 Å². The summed E-state index contributed by atoms with van der Waals surface area (Å²) in [5.41, 5.74) is 0.884. The third-order valence-electron chi connectivity index (χ3n) is 3.05. The SMILES string of the molecule is CN1CCC(Cn2c(CO)c[nH]c2=S)C1. The van der Waals surface area contributed by atoms with E-state index >= 15 is 0 Å². The molecular weight excluding hydrogens is 210 g/mol. The summed E-state index contributed by atoms with van der Waals surface area (Å²) in [5, 5.41) is 9.16. The number of likely N-dealkylation sites (tertiary alicyclic amines) is 1. The van der Waals surface area contributed by atoms with Crippen molar-refractivity contribution >= 4 is 12.2 Å². The van der Waals surface area contributed by atoms with Gasteiger partial charge in [-0.05, 0) is 38.1 Å². The Bertz CT molecular complexity index is 384. The molecule has 0 bridgehead atoms. The maximum atomic E-state index is 9.16. The first-order chi connectivity index (χ1) is 7.20. The van der Waals surface area contributed by atoms with E-state index < -0.39 is 0 Å². The standard InChI is InChI=1S/C10H17N3OS/c1-12-3-2-8(5-12)6-13-9(7-14)4-11-10(13)15/h4,8,14H,2-3,5-7H2,1H3,(H,11,15). The fourth-order valence-electron chi connectivity index (χ4n) is 2.20. The maximum Gasteiger partial charge on any atom is 0.177 e. The fourth-order valence-corrected chi connectivity index (χ4v) is 2.45. The molecule has 1 aromatic heterocycles. The molecule has 1 unspecified atom stereocenters. The highest BCUT2D eigenvalue weighted by atomic mass is 32.1. The smallest absolute Gasteiger partial charge is 0.177 e. The number of nitrogens with one attached hydrogen (secondary N) is 1. The fraction of sp³-hybridized carbons (Fsp3) is 0.700. The molecule has 5 heteroatoms. The quantitative estimate of drug-likeness (QED) is 0.757. The lowest BCUT2D eigenvalue weighted by molar-refractivity contribution is 0.266. The van der Waals surface area contributed by atoms with Crippen LogP contribution in [0.5, 0.6) is 0 Å². The molecule has 0 aliphatic carbocycles. The van der Waals surface area contributed by atoms with Gasteiger partial charge in [-0.15, -0.1) is 0 Å². The van der Waals surface area contributed by atoms with Gasteiger partial charge in [0, 0.05) is 19.3 Å². The van der Waals surface area contributed by atoms with Gasteiger partial charge in [0.05, 0.1) is 12.3 Å². The van der Waals surface area contributed by atoms with Gasteiger partial charge in [0.15, 0.2) is 4.77 Å². The summed E-state index contributed by atoms with van der Waals surface area (Å²) >= 11 is 5.19. The number of H-pyrrole nitrogens is 1. The number of hydrogen-bond acceptors (Lipinski definition) is 3. The van der Waals surface area contributed by atoms with E-state index in [1.165, 1.54) is 6.42 Å². The third-order valence-corrected chi connectivity index (χ3v) is 3.38. The molecule has 2 heterocycles. The lowest BCUT2D eigenvalue weighted by Crippen LogP contribution is -2.18. The molecule has 1 saturated heterocycles. The minimum atomic E-state index is 0.0513. The second kappa shape index (κ2) is 4.47. The Morgan fingerprint density at radius 1 is 1.67 bits per heavy atom. The van der Waals surface area contributed by atoms with Gasteiger partial charge in [0.1, 0.15) is 0 Å². The number of aliphatic hydroxyl groups is 1. The highest BCUT2D eigenvalue weighted by Gasteiger charge is 2.20. The van der Waals surface area contributed by atoms with Crippen LogP contribution in [0.4, 0.5) is 0 Å². The highest BCUT2D eigenvalue weighted by Crippen LogP contribution is 2.17. The van der Waals surface area contributed by atoms with Gasteiger partial charge in [0.25, 0.3) is 0 Å². The molecule has 1 fully saturated rings. The van der Waals surface area contributed by atoms with Gasteiger partial charge in [-0.3, -0.25) is 0 Å². The maximum absolute atomic E-state index is 9.16. The van der Waals surface area contributed by atoms with Crippen molar-refractivity contribution in [2.24, 2.45) is 5.92 Å². The normalized spacial score (nSPS) is 22.4. The van der Waals surface area contributed by atoms with E-state index in [-0.39, 0.29) is 6.61 Å². The van der Waals surface area contributed by atoms with Crippen molar-refractivity contribution in [2.45, 2.75) is 19.6 Å². The van der Waals surface area contributed by atoms with Gasteiger partial charge in [-0.2, -0.15) is 0 Å². The number of nitrogens with zero attached hydrogens (tertiary/aromatic N) is 2. The zero-order valence-corrected chi connectivity index (χ0v) is 9.76. The summed E-state index contributed by atoms with van der Waals surface area (Å²) < 4.78 is 2.73. The summed E-state index contributed by atoms with van der Waals surface area (Å²) in [6.07, 6.45) is 3.01. The van der Waals surface area contributed by atoms with Gasteiger partial charge >= 0.3 is 0 Å². The predicted octanol–water partition coefficient (Wildman–Crippen LogP) is 0.990. The van der Waals surface area contributed by atoms with Crippen LogP contribution < -0.4 is 0 Å². The first-order valence-corrected chi connectivity index (χ1v) is 5.68. The van der Waals surface area contributed by atoms with E-state index in [1.54, 1.807) is 6.20 Å². The molecule has 1 aromatic rings.